The molecule has 1 aromatic rings. The molecule has 0 aliphatic heterocycles. The monoisotopic (exact) mass is 308 g/mol. The zero-order chi connectivity index (χ0) is 14.9. The molecule has 5 heteroatoms. The van der Waals surface area contributed by atoms with Crippen LogP contribution in [0.4, 0.5) is 0 Å². The predicted molar refractivity (Wildman–Crippen MR) is 83.5 cm³/mol. The normalized spacial score (nSPS) is 19.1. The van der Waals surface area contributed by atoms with Gasteiger partial charge in [-0.15, -0.1) is 0 Å². The molecule has 0 bridgehead atoms. The van der Waals surface area contributed by atoms with Gasteiger partial charge in [-0.1, -0.05) is 19.1 Å². The van der Waals surface area contributed by atoms with Crippen LogP contribution in [0.3, 0.4) is 0 Å². The van der Waals surface area contributed by atoms with Gasteiger partial charge in [-0.05, 0) is 55.8 Å². The lowest BCUT2D eigenvalue weighted by Crippen LogP contribution is -2.34. The van der Waals surface area contributed by atoms with Gasteiger partial charge >= 0.3 is 0 Å². The highest BCUT2D eigenvalue weighted by molar-refractivity contribution is 7.89. The van der Waals surface area contributed by atoms with Crippen molar-refractivity contribution in [1.82, 2.24) is 9.62 Å². The fraction of sp³-hybridized carbons (Fsp3) is 0.625. The fourth-order valence-corrected chi connectivity index (χ4v) is 4.31. The Labute approximate surface area is 127 Å². The van der Waals surface area contributed by atoms with Crippen molar-refractivity contribution < 1.29 is 8.42 Å². The van der Waals surface area contributed by atoms with E-state index in [1.165, 1.54) is 12.8 Å². The highest BCUT2D eigenvalue weighted by Crippen LogP contribution is 2.37. The summed E-state index contributed by atoms with van der Waals surface area (Å²) < 4.78 is 27.4. The van der Waals surface area contributed by atoms with Gasteiger partial charge in [-0.25, -0.2) is 8.42 Å². The van der Waals surface area contributed by atoms with E-state index in [0.717, 1.165) is 31.5 Å². The maximum Gasteiger partial charge on any atom is 0.243 e. The van der Waals surface area contributed by atoms with Crippen LogP contribution in [0.2, 0.25) is 0 Å². The van der Waals surface area contributed by atoms with E-state index in [-0.39, 0.29) is 6.04 Å². The maximum atomic E-state index is 12.8. The molecule has 2 aliphatic carbocycles. The van der Waals surface area contributed by atoms with Crippen LogP contribution in [0.25, 0.3) is 0 Å². The molecule has 1 N–H and O–H groups in total. The first-order valence-electron chi connectivity index (χ1n) is 7.92. The van der Waals surface area contributed by atoms with Gasteiger partial charge in [0.1, 0.15) is 0 Å². The lowest BCUT2D eigenvalue weighted by atomic mass is 10.2. The first-order chi connectivity index (χ1) is 10.1. The summed E-state index contributed by atoms with van der Waals surface area (Å²) in [5.74, 6) is 0.591. The molecule has 4 nitrogen and oxygen atoms in total. The molecule has 21 heavy (non-hydrogen) atoms. The lowest BCUT2D eigenvalue weighted by Gasteiger charge is -2.22. The third kappa shape index (κ3) is 3.65. The molecule has 0 aromatic heterocycles. The summed E-state index contributed by atoms with van der Waals surface area (Å²) in [7, 11) is -3.32. The standard InChI is InChI=1S/C16H24N2O2S/c1-2-17-11-13-5-9-16(10-6-13)21(19,20)18(15-7-8-15)12-14-3-4-14/h5-6,9-10,14-15,17H,2-4,7-8,11-12H2,1H3. The molecule has 2 aliphatic rings. The van der Waals surface area contributed by atoms with Crippen LogP contribution < -0.4 is 5.32 Å². The van der Waals surface area contributed by atoms with E-state index in [1.807, 2.05) is 12.1 Å². The third-order valence-electron chi connectivity index (χ3n) is 4.20. The summed E-state index contributed by atoms with van der Waals surface area (Å²) in [6.45, 7) is 4.47. The Morgan fingerprint density at radius 3 is 2.33 bits per heavy atom. The van der Waals surface area contributed by atoms with Crippen LogP contribution >= 0.6 is 0 Å². The number of benzene rings is 1. The molecule has 0 unspecified atom stereocenters. The maximum absolute atomic E-state index is 12.8. The van der Waals surface area contributed by atoms with Gasteiger partial charge in [0, 0.05) is 19.1 Å². The molecule has 0 radical (unpaired) electrons. The summed E-state index contributed by atoms with van der Waals surface area (Å²) in [6.07, 6.45) is 4.40. The van der Waals surface area contributed by atoms with Crippen molar-refractivity contribution in [2.45, 2.75) is 50.1 Å². The van der Waals surface area contributed by atoms with E-state index < -0.39 is 10.0 Å². The Balaban J connectivity index is 1.75. The molecule has 0 saturated heterocycles. The van der Waals surface area contributed by atoms with Gasteiger partial charge in [0.2, 0.25) is 10.0 Å². The van der Waals surface area contributed by atoms with Crippen molar-refractivity contribution in [3.05, 3.63) is 29.8 Å². The second-order valence-corrected chi connectivity index (χ2v) is 8.06. The molecule has 1 aromatic carbocycles. The zero-order valence-electron chi connectivity index (χ0n) is 12.6. The van der Waals surface area contributed by atoms with Crippen molar-refractivity contribution in [2.75, 3.05) is 13.1 Å². The number of sulfonamides is 1. The average Bonchev–Trinajstić information content (AvgIpc) is 3.36. The minimum atomic E-state index is -3.32. The molecule has 116 valence electrons. The van der Waals surface area contributed by atoms with E-state index in [9.17, 15) is 8.42 Å². The molecule has 0 atom stereocenters. The number of hydrogen-bond acceptors (Lipinski definition) is 3. The highest BCUT2D eigenvalue weighted by Gasteiger charge is 2.40. The van der Waals surface area contributed by atoms with E-state index in [1.54, 1.807) is 16.4 Å². The predicted octanol–water partition coefficient (Wildman–Crippen LogP) is 2.36. The topological polar surface area (TPSA) is 49.4 Å². The quantitative estimate of drug-likeness (QED) is 0.802. The van der Waals surface area contributed by atoms with Crippen LogP contribution in [0, 0.1) is 5.92 Å². The second kappa shape index (κ2) is 6.07. The number of nitrogens with one attached hydrogen (secondary N) is 1. The minimum Gasteiger partial charge on any atom is -0.313 e. The zero-order valence-corrected chi connectivity index (χ0v) is 13.4. The second-order valence-electron chi connectivity index (χ2n) is 6.17. The molecule has 0 spiro atoms. The Hall–Kier alpha value is -0.910. The van der Waals surface area contributed by atoms with Crippen molar-refractivity contribution in [3.8, 4) is 0 Å². The lowest BCUT2D eigenvalue weighted by molar-refractivity contribution is 0.389. The van der Waals surface area contributed by atoms with E-state index in [2.05, 4.69) is 12.2 Å². The van der Waals surface area contributed by atoms with Crippen LogP contribution in [0.15, 0.2) is 29.2 Å². The first kappa shape index (κ1) is 15.0. The van der Waals surface area contributed by atoms with Crippen LogP contribution in [-0.2, 0) is 16.6 Å². The van der Waals surface area contributed by atoms with Crippen molar-refractivity contribution in [2.24, 2.45) is 5.92 Å². The van der Waals surface area contributed by atoms with E-state index >= 15 is 0 Å². The highest BCUT2D eigenvalue weighted by atomic mass is 32.2. The fourth-order valence-electron chi connectivity index (χ4n) is 2.54. The Bertz CT molecular complexity index is 575. The first-order valence-corrected chi connectivity index (χ1v) is 9.36. The molecule has 2 fully saturated rings. The summed E-state index contributed by atoms with van der Waals surface area (Å²) in [5, 5.41) is 3.25. The van der Waals surface area contributed by atoms with Gasteiger partial charge in [0.15, 0.2) is 0 Å². The SMILES string of the molecule is CCNCc1ccc(S(=O)(=O)N(CC2CC2)C2CC2)cc1. The molecular formula is C16H24N2O2S. The van der Waals surface area contributed by atoms with Crippen LogP contribution in [0.5, 0.6) is 0 Å². The van der Waals surface area contributed by atoms with Gasteiger partial charge in [0.05, 0.1) is 4.90 Å². The number of rotatable bonds is 8. The molecular weight excluding hydrogens is 284 g/mol. The van der Waals surface area contributed by atoms with E-state index in [0.29, 0.717) is 17.4 Å². The smallest absolute Gasteiger partial charge is 0.243 e. The van der Waals surface area contributed by atoms with Crippen LogP contribution in [-0.4, -0.2) is 31.9 Å². The summed E-state index contributed by atoms with van der Waals surface area (Å²) in [5.41, 5.74) is 1.12. The number of hydrogen-bond donors (Lipinski definition) is 1. The van der Waals surface area contributed by atoms with E-state index in [4.69, 9.17) is 0 Å². The van der Waals surface area contributed by atoms with Gasteiger partial charge in [-0.2, -0.15) is 4.31 Å². The van der Waals surface area contributed by atoms with Gasteiger partial charge in [0.25, 0.3) is 0 Å². The number of nitrogens with zero attached hydrogens (tertiary/aromatic N) is 1. The molecule has 3 rings (SSSR count). The third-order valence-corrected chi connectivity index (χ3v) is 6.13. The van der Waals surface area contributed by atoms with Crippen LogP contribution in [0.1, 0.15) is 38.2 Å². The summed E-state index contributed by atoms with van der Waals surface area (Å²) in [6, 6.07) is 7.58. The molecule has 0 heterocycles. The summed E-state index contributed by atoms with van der Waals surface area (Å²) >= 11 is 0. The molecule has 0 amide bonds. The Kier molecular flexibility index (Phi) is 4.33. The van der Waals surface area contributed by atoms with Gasteiger partial charge in [-0.3, -0.25) is 0 Å². The Morgan fingerprint density at radius 1 is 1.14 bits per heavy atom. The summed E-state index contributed by atoms with van der Waals surface area (Å²) in [4.78, 5) is 0.440. The largest absolute Gasteiger partial charge is 0.313 e. The van der Waals surface area contributed by atoms with Crippen molar-refractivity contribution in [1.29, 1.82) is 0 Å². The van der Waals surface area contributed by atoms with Crippen molar-refractivity contribution >= 4 is 10.0 Å². The van der Waals surface area contributed by atoms with Crippen molar-refractivity contribution in [3.63, 3.8) is 0 Å². The average molecular weight is 308 g/mol. The Morgan fingerprint density at radius 2 is 1.81 bits per heavy atom. The minimum absolute atomic E-state index is 0.247. The molecule has 2 saturated carbocycles. The van der Waals surface area contributed by atoms with Gasteiger partial charge < -0.3 is 5.32 Å².